The Kier molecular flexibility index (Phi) is 6.13. The maximum atomic E-state index is 13.2. The van der Waals surface area contributed by atoms with Gasteiger partial charge in [0.2, 0.25) is 0 Å². The summed E-state index contributed by atoms with van der Waals surface area (Å²) in [4.78, 5) is 13.2. The van der Waals surface area contributed by atoms with Crippen LogP contribution in [0.25, 0.3) is 21.9 Å². The smallest absolute Gasteiger partial charge is 0.251 e. The van der Waals surface area contributed by atoms with Crippen molar-refractivity contribution >= 4 is 16.7 Å². The molecule has 0 aliphatic rings. The summed E-state index contributed by atoms with van der Waals surface area (Å²) in [6, 6.07) is 25.9. The van der Waals surface area contributed by atoms with E-state index in [0.29, 0.717) is 17.1 Å². The first-order chi connectivity index (χ1) is 15.5. The number of fused-ring (bicyclic) bond motifs is 1. The van der Waals surface area contributed by atoms with Crippen molar-refractivity contribution in [1.82, 2.24) is 5.32 Å². The monoisotopic (exact) mass is 425 g/mol. The first kappa shape index (κ1) is 21.4. The van der Waals surface area contributed by atoms with Crippen molar-refractivity contribution < 1.29 is 14.3 Å². The van der Waals surface area contributed by atoms with E-state index in [2.05, 4.69) is 36.5 Å². The average molecular weight is 426 g/mol. The summed E-state index contributed by atoms with van der Waals surface area (Å²) in [7, 11) is 3.24. The van der Waals surface area contributed by atoms with Gasteiger partial charge in [0.25, 0.3) is 5.91 Å². The van der Waals surface area contributed by atoms with Crippen molar-refractivity contribution in [3.8, 4) is 22.6 Å². The number of benzene rings is 4. The first-order valence-electron chi connectivity index (χ1n) is 10.6. The molecule has 0 bridgehead atoms. The Labute approximate surface area is 188 Å². The molecule has 32 heavy (non-hydrogen) atoms. The second-order valence-electron chi connectivity index (χ2n) is 7.92. The lowest BCUT2D eigenvalue weighted by molar-refractivity contribution is 0.0940. The molecule has 0 unspecified atom stereocenters. The standard InChI is InChI=1S/C28H27NO3/c1-18-10-12-21(13-11-18)24-15-23(28(30)29-19(2)20-8-6-5-7-9-20)14-22-16-26(31-3)27(32-4)17-25(22)24/h5-17,19H,1-4H3,(H,29,30)/t19-/m1/s1. The van der Waals surface area contributed by atoms with E-state index in [1.54, 1.807) is 14.2 Å². The maximum Gasteiger partial charge on any atom is 0.251 e. The lowest BCUT2D eigenvalue weighted by atomic mass is 9.94. The largest absolute Gasteiger partial charge is 0.493 e. The fourth-order valence-electron chi connectivity index (χ4n) is 3.90. The summed E-state index contributed by atoms with van der Waals surface area (Å²) in [5.41, 5.74) is 4.86. The van der Waals surface area contributed by atoms with Gasteiger partial charge in [-0.2, -0.15) is 0 Å². The predicted octanol–water partition coefficient (Wildman–Crippen LogP) is 6.32. The van der Waals surface area contributed by atoms with Gasteiger partial charge in [0, 0.05) is 5.56 Å². The Morgan fingerprint density at radius 2 is 1.50 bits per heavy atom. The molecule has 4 nitrogen and oxygen atoms in total. The van der Waals surface area contributed by atoms with Crippen molar-refractivity contribution in [1.29, 1.82) is 0 Å². The molecule has 0 radical (unpaired) electrons. The number of aryl methyl sites for hydroxylation is 1. The van der Waals surface area contributed by atoms with E-state index in [1.807, 2.05) is 61.5 Å². The number of ether oxygens (including phenoxy) is 2. The Bertz CT molecular complexity index is 1250. The van der Waals surface area contributed by atoms with Crippen molar-refractivity contribution in [3.63, 3.8) is 0 Å². The lowest BCUT2D eigenvalue weighted by Crippen LogP contribution is -2.26. The van der Waals surface area contributed by atoms with Crippen molar-refractivity contribution in [2.75, 3.05) is 14.2 Å². The summed E-state index contributed by atoms with van der Waals surface area (Å²) in [5, 5.41) is 5.04. The third kappa shape index (κ3) is 4.30. The van der Waals surface area contributed by atoms with E-state index in [9.17, 15) is 4.79 Å². The van der Waals surface area contributed by atoms with E-state index in [1.165, 1.54) is 5.56 Å². The van der Waals surface area contributed by atoms with Gasteiger partial charge in [0.15, 0.2) is 11.5 Å². The molecule has 0 aromatic heterocycles. The fourth-order valence-corrected chi connectivity index (χ4v) is 3.90. The second-order valence-corrected chi connectivity index (χ2v) is 7.92. The quantitative estimate of drug-likeness (QED) is 0.393. The zero-order valence-electron chi connectivity index (χ0n) is 18.8. The van der Waals surface area contributed by atoms with Gasteiger partial charge in [0.1, 0.15) is 0 Å². The van der Waals surface area contributed by atoms with E-state index in [-0.39, 0.29) is 11.9 Å². The number of nitrogens with one attached hydrogen (secondary N) is 1. The highest BCUT2D eigenvalue weighted by atomic mass is 16.5. The number of carbonyl (C=O) groups excluding carboxylic acids is 1. The van der Waals surface area contributed by atoms with Crippen LogP contribution in [0.5, 0.6) is 11.5 Å². The summed E-state index contributed by atoms with van der Waals surface area (Å²) < 4.78 is 11.0. The minimum atomic E-state index is -0.119. The maximum absolute atomic E-state index is 13.2. The highest BCUT2D eigenvalue weighted by Crippen LogP contribution is 2.38. The fraction of sp³-hybridized carbons (Fsp3) is 0.179. The summed E-state index contributed by atoms with van der Waals surface area (Å²) in [6.45, 7) is 4.05. The molecule has 4 aromatic rings. The van der Waals surface area contributed by atoms with Crippen molar-refractivity contribution in [3.05, 3.63) is 95.6 Å². The van der Waals surface area contributed by atoms with Crippen LogP contribution in [0.4, 0.5) is 0 Å². The first-order valence-corrected chi connectivity index (χ1v) is 10.6. The van der Waals surface area contributed by atoms with Crippen molar-refractivity contribution in [2.45, 2.75) is 19.9 Å². The Morgan fingerprint density at radius 3 is 2.16 bits per heavy atom. The average Bonchev–Trinajstić information content (AvgIpc) is 2.83. The predicted molar refractivity (Wildman–Crippen MR) is 130 cm³/mol. The zero-order valence-corrected chi connectivity index (χ0v) is 18.8. The lowest BCUT2D eigenvalue weighted by Gasteiger charge is -2.17. The molecule has 0 aliphatic carbocycles. The SMILES string of the molecule is COc1cc2cc(C(=O)N[C@H](C)c3ccccc3)cc(-c3ccc(C)cc3)c2cc1OC. The Balaban J connectivity index is 1.82. The minimum absolute atomic E-state index is 0.104. The number of carbonyl (C=O) groups is 1. The van der Waals surface area contributed by atoms with Crippen LogP contribution in [0, 0.1) is 6.92 Å². The van der Waals surface area contributed by atoms with Crippen LogP contribution < -0.4 is 14.8 Å². The van der Waals surface area contributed by atoms with Crippen molar-refractivity contribution in [2.24, 2.45) is 0 Å². The molecular weight excluding hydrogens is 398 g/mol. The number of methoxy groups -OCH3 is 2. The number of rotatable bonds is 6. The molecule has 4 aromatic carbocycles. The van der Waals surface area contributed by atoms with Crippen LogP contribution >= 0.6 is 0 Å². The number of amides is 1. The van der Waals surface area contributed by atoms with Crippen LogP contribution in [-0.4, -0.2) is 20.1 Å². The minimum Gasteiger partial charge on any atom is -0.493 e. The normalized spacial score (nSPS) is 11.8. The molecule has 0 saturated heterocycles. The van der Waals surface area contributed by atoms with Gasteiger partial charge in [-0.1, -0.05) is 60.2 Å². The highest BCUT2D eigenvalue weighted by Gasteiger charge is 2.17. The molecule has 162 valence electrons. The number of hydrogen-bond acceptors (Lipinski definition) is 3. The van der Waals surface area contributed by atoms with Gasteiger partial charge in [0.05, 0.1) is 20.3 Å². The molecular formula is C28H27NO3. The second kappa shape index (κ2) is 9.15. The molecule has 1 amide bonds. The highest BCUT2D eigenvalue weighted by molar-refractivity contribution is 6.05. The molecule has 1 N–H and O–H groups in total. The molecule has 0 heterocycles. The van der Waals surface area contributed by atoms with Gasteiger partial charge in [-0.3, -0.25) is 4.79 Å². The number of hydrogen-bond donors (Lipinski definition) is 1. The molecule has 0 spiro atoms. The molecule has 4 heteroatoms. The van der Waals surface area contributed by atoms with Gasteiger partial charge in [-0.15, -0.1) is 0 Å². The third-order valence-electron chi connectivity index (χ3n) is 5.73. The molecule has 0 fully saturated rings. The van der Waals surface area contributed by atoms with E-state index in [0.717, 1.165) is 27.5 Å². The Morgan fingerprint density at radius 1 is 0.844 bits per heavy atom. The molecule has 0 aliphatic heterocycles. The Hall–Kier alpha value is -3.79. The van der Waals surface area contributed by atoms with Gasteiger partial charge < -0.3 is 14.8 Å². The van der Waals surface area contributed by atoms with Gasteiger partial charge in [-0.25, -0.2) is 0 Å². The summed E-state index contributed by atoms with van der Waals surface area (Å²) >= 11 is 0. The van der Waals surface area contributed by atoms with E-state index >= 15 is 0 Å². The summed E-state index contributed by atoms with van der Waals surface area (Å²) in [5.74, 6) is 1.17. The van der Waals surface area contributed by atoms with Crippen LogP contribution in [0.1, 0.15) is 34.5 Å². The van der Waals surface area contributed by atoms with E-state index in [4.69, 9.17) is 9.47 Å². The van der Waals surface area contributed by atoms with Crippen LogP contribution in [-0.2, 0) is 0 Å². The topological polar surface area (TPSA) is 47.6 Å². The zero-order chi connectivity index (χ0) is 22.7. The third-order valence-corrected chi connectivity index (χ3v) is 5.73. The van der Waals surface area contributed by atoms with Gasteiger partial charge in [-0.05, 0) is 65.6 Å². The van der Waals surface area contributed by atoms with Crippen LogP contribution in [0.3, 0.4) is 0 Å². The molecule has 1 atom stereocenters. The van der Waals surface area contributed by atoms with E-state index < -0.39 is 0 Å². The van der Waals surface area contributed by atoms with Crippen LogP contribution in [0.15, 0.2) is 78.9 Å². The van der Waals surface area contributed by atoms with Crippen LogP contribution in [0.2, 0.25) is 0 Å². The molecule has 0 saturated carbocycles. The molecule has 4 rings (SSSR count). The van der Waals surface area contributed by atoms with Gasteiger partial charge >= 0.3 is 0 Å². The summed E-state index contributed by atoms with van der Waals surface area (Å²) in [6.07, 6.45) is 0.